The third-order valence-electron chi connectivity index (χ3n) is 4.29. The molecule has 0 amide bonds. The van der Waals surface area contributed by atoms with Gasteiger partial charge < -0.3 is 14.3 Å². The van der Waals surface area contributed by atoms with Crippen LogP contribution < -0.4 is 0 Å². The van der Waals surface area contributed by atoms with Gasteiger partial charge in [-0.15, -0.1) is 0 Å². The first-order valence-corrected chi connectivity index (χ1v) is 6.63. The van der Waals surface area contributed by atoms with Crippen molar-refractivity contribution in [2.24, 2.45) is 5.92 Å². The fourth-order valence-electron chi connectivity index (χ4n) is 3.37. The summed E-state index contributed by atoms with van der Waals surface area (Å²) in [4.78, 5) is 0. The molecule has 3 nitrogen and oxygen atoms in total. The van der Waals surface area contributed by atoms with Crippen molar-refractivity contribution in [1.29, 1.82) is 0 Å². The Labute approximate surface area is 105 Å². The number of benzene rings is 1. The lowest BCUT2D eigenvalue weighted by Crippen LogP contribution is -2.23. The minimum atomic E-state index is -0.535. The predicted octanol–water partition coefficient (Wildman–Crippen LogP) is 3.03. The van der Waals surface area contributed by atoms with E-state index in [1.165, 1.54) is 0 Å². The fraction of sp³-hybridized carbons (Fsp3) is 0.467. The van der Waals surface area contributed by atoms with Crippen LogP contribution in [0.4, 0.5) is 0 Å². The number of aliphatic hydroxyl groups is 1. The van der Waals surface area contributed by atoms with Gasteiger partial charge in [0.25, 0.3) is 0 Å². The summed E-state index contributed by atoms with van der Waals surface area (Å²) in [6.45, 7) is 0. The van der Waals surface area contributed by atoms with Crippen LogP contribution in [-0.2, 0) is 4.74 Å². The van der Waals surface area contributed by atoms with Gasteiger partial charge in [0.1, 0.15) is 17.4 Å². The molecule has 0 saturated carbocycles. The van der Waals surface area contributed by atoms with Gasteiger partial charge >= 0.3 is 0 Å². The molecule has 0 aliphatic carbocycles. The molecule has 94 valence electrons. The molecule has 1 N–H and O–H groups in total. The highest BCUT2D eigenvalue weighted by molar-refractivity contribution is 5.77. The summed E-state index contributed by atoms with van der Waals surface area (Å²) in [5, 5.41) is 11.5. The molecular weight excluding hydrogens is 228 g/mol. The highest BCUT2D eigenvalue weighted by Crippen LogP contribution is 2.45. The van der Waals surface area contributed by atoms with Crippen molar-refractivity contribution in [2.45, 2.75) is 37.6 Å². The van der Waals surface area contributed by atoms with Gasteiger partial charge in [0.2, 0.25) is 0 Å². The SMILES string of the molecule is OC(c1cc2ccccc2o1)C1CC2CCC1O2. The van der Waals surface area contributed by atoms with E-state index in [0.29, 0.717) is 11.9 Å². The van der Waals surface area contributed by atoms with E-state index in [1.54, 1.807) is 0 Å². The van der Waals surface area contributed by atoms with Crippen molar-refractivity contribution in [3.63, 3.8) is 0 Å². The van der Waals surface area contributed by atoms with Gasteiger partial charge in [-0.3, -0.25) is 0 Å². The zero-order valence-corrected chi connectivity index (χ0v) is 10.1. The smallest absolute Gasteiger partial charge is 0.134 e. The van der Waals surface area contributed by atoms with Gasteiger partial charge in [0, 0.05) is 11.3 Å². The number of hydrogen-bond donors (Lipinski definition) is 1. The van der Waals surface area contributed by atoms with Crippen LogP contribution in [0.5, 0.6) is 0 Å². The average Bonchev–Trinajstić information content (AvgIpc) is 3.11. The zero-order chi connectivity index (χ0) is 12.1. The quantitative estimate of drug-likeness (QED) is 0.883. The first kappa shape index (κ1) is 10.6. The maximum absolute atomic E-state index is 10.5. The minimum Gasteiger partial charge on any atom is -0.458 e. The van der Waals surface area contributed by atoms with Gasteiger partial charge in [-0.1, -0.05) is 18.2 Å². The number of para-hydroxylation sites is 1. The highest BCUT2D eigenvalue weighted by Gasteiger charge is 2.45. The van der Waals surface area contributed by atoms with Crippen LogP contribution in [-0.4, -0.2) is 17.3 Å². The minimum absolute atomic E-state index is 0.198. The lowest BCUT2D eigenvalue weighted by molar-refractivity contribution is 0.0323. The van der Waals surface area contributed by atoms with Crippen molar-refractivity contribution in [1.82, 2.24) is 0 Å². The molecule has 2 fully saturated rings. The Balaban J connectivity index is 1.66. The molecule has 2 aliphatic rings. The molecule has 2 saturated heterocycles. The Hall–Kier alpha value is -1.32. The van der Waals surface area contributed by atoms with E-state index in [2.05, 4.69) is 0 Å². The summed E-state index contributed by atoms with van der Waals surface area (Å²) in [6.07, 6.45) is 3.23. The Kier molecular flexibility index (Phi) is 2.26. The topological polar surface area (TPSA) is 42.6 Å². The lowest BCUT2D eigenvalue weighted by Gasteiger charge is -2.22. The highest BCUT2D eigenvalue weighted by atomic mass is 16.5. The van der Waals surface area contributed by atoms with Crippen molar-refractivity contribution in [3.05, 3.63) is 36.1 Å². The van der Waals surface area contributed by atoms with Crippen LogP contribution in [0.15, 0.2) is 34.7 Å². The van der Waals surface area contributed by atoms with Crippen LogP contribution in [0.25, 0.3) is 11.0 Å². The molecule has 2 bridgehead atoms. The Morgan fingerprint density at radius 2 is 2.11 bits per heavy atom. The van der Waals surface area contributed by atoms with Gasteiger partial charge in [-0.05, 0) is 31.4 Å². The summed E-state index contributed by atoms with van der Waals surface area (Å²) < 4.78 is 11.5. The maximum atomic E-state index is 10.5. The number of ether oxygens (including phenoxy) is 1. The van der Waals surface area contributed by atoms with Gasteiger partial charge in [-0.2, -0.15) is 0 Å². The molecule has 3 heteroatoms. The van der Waals surface area contributed by atoms with Crippen molar-refractivity contribution in [2.75, 3.05) is 0 Å². The van der Waals surface area contributed by atoms with E-state index in [-0.39, 0.29) is 12.0 Å². The van der Waals surface area contributed by atoms with E-state index < -0.39 is 6.10 Å². The Bertz CT molecular complexity index is 541. The maximum Gasteiger partial charge on any atom is 0.134 e. The second-order valence-electron chi connectivity index (χ2n) is 5.40. The molecular formula is C15H16O3. The number of aliphatic hydroxyl groups excluding tert-OH is 1. The number of hydrogen-bond acceptors (Lipinski definition) is 3. The molecule has 18 heavy (non-hydrogen) atoms. The zero-order valence-electron chi connectivity index (χ0n) is 10.1. The third-order valence-corrected chi connectivity index (χ3v) is 4.29. The summed E-state index contributed by atoms with van der Waals surface area (Å²) >= 11 is 0. The summed E-state index contributed by atoms with van der Waals surface area (Å²) in [5.74, 6) is 0.877. The average molecular weight is 244 g/mol. The Morgan fingerprint density at radius 3 is 2.83 bits per heavy atom. The van der Waals surface area contributed by atoms with E-state index in [0.717, 1.165) is 30.2 Å². The largest absolute Gasteiger partial charge is 0.458 e. The lowest BCUT2D eigenvalue weighted by atomic mass is 9.84. The molecule has 2 aliphatic heterocycles. The van der Waals surface area contributed by atoms with Crippen molar-refractivity contribution < 1.29 is 14.3 Å². The summed E-state index contributed by atoms with van der Waals surface area (Å²) in [7, 11) is 0. The first-order chi connectivity index (χ1) is 8.81. The molecule has 4 rings (SSSR count). The van der Waals surface area contributed by atoms with Gasteiger partial charge in [-0.25, -0.2) is 0 Å². The van der Waals surface area contributed by atoms with Crippen LogP contribution in [0.2, 0.25) is 0 Å². The molecule has 0 radical (unpaired) electrons. The van der Waals surface area contributed by atoms with Crippen LogP contribution >= 0.6 is 0 Å². The molecule has 0 spiro atoms. The van der Waals surface area contributed by atoms with E-state index in [4.69, 9.17) is 9.15 Å². The normalized spacial score (nSPS) is 32.2. The number of rotatable bonds is 2. The second kappa shape index (κ2) is 3.84. The Morgan fingerprint density at radius 1 is 1.22 bits per heavy atom. The number of furan rings is 1. The summed E-state index contributed by atoms with van der Waals surface area (Å²) in [6, 6.07) is 9.82. The van der Waals surface area contributed by atoms with Crippen molar-refractivity contribution >= 4 is 11.0 Å². The van der Waals surface area contributed by atoms with Crippen molar-refractivity contribution in [3.8, 4) is 0 Å². The first-order valence-electron chi connectivity index (χ1n) is 6.63. The standard InChI is InChI=1S/C15H16O3/c16-15(11-8-10-5-6-13(11)17-10)14-7-9-3-1-2-4-12(9)18-14/h1-4,7,10-11,13,15-16H,5-6,8H2. The van der Waals surface area contributed by atoms with E-state index >= 15 is 0 Å². The fourth-order valence-corrected chi connectivity index (χ4v) is 3.37. The van der Waals surface area contributed by atoms with E-state index in [1.807, 2.05) is 30.3 Å². The van der Waals surface area contributed by atoms with Gasteiger partial charge in [0.05, 0.1) is 12.2 Å². The van der Waals surface area contributed by atoms with Gasteiger partial charge in [0.15, 0.2) is 0 Å². The monoisotopic (exact) mass is 244 g/mol. The number of fused-ring (bicyclic) bond motifs is 3. The predicted molar refractivity (Wildman–Crippen MR) is 67.2 cm³/mol. The molecule has 1 aromatic carbocycles. The molecule has 4 unspecified atom stereocenters. The second-order valence-corrected chi connectivity index (χ2v) is 5.40. The van der Waals surface area contributed by atoms with Crippen LogP contribution in [0.1, 0.15) is 31.1 Å². The van der Waals surface area contributed by atoms with E-state index in [9.17, 15) is 5.11 Å². The molecule has 2 aromatic rings. The van der Waals surface area contributed by atoms with Crippen LogP contribution in [0, 0.1) is 5.92 Å². The molecule has 3 heterocycles. The summed E-state index contributed by atoms with van der Waals surface area (Å²) in [5.41, 5.74) is 0.843. The van der Waals surface area contributed by atoms with Crippen LogP contribution in [0.3, 0.4) is 0 Å². The molecule has 4 atom stereocenters. The third kappa shape index (κ3) is 1.51. The molecule has 1 aromatic heterocycles.